The summed E-state index contributed by atoms with van der Waals surface area (Å²) in [6.45, 7) is 6.27. The van der Waals surface area contributed by atoms with Crippen LogP contribution in [-0.2, 0) is 9.53 Å². The van der Waals surface area contributed by atoms with Crippen LogP contribution in [0.5, 0.6) is 0 Å². The number of carbonyl (C=O) groups excluding carboxylic acids is 1. The first kappa shape index (κ1) is 14.0. The maximum atomic E-state index is 12.2. The summed E-state index contributed by atoms with van der Waals surface area (Å²) in [4.78, 5) is 14.2. The molecule has 0 aliphatic carbocycles. The number of likely N-dealkylation sites (N-methyl/N-ethyl adjacent to an activating group) is 1. The van der Waals surface area contributed by atoms with Gasteiger partial charge in [0, 0.05) is 12.2 Å². The van der Waals surface area contributed by atoms with E-state index in [4.69, 9.17) is 4.74 Å². The largest absolute Gasteiger partial charge is 0.378 e. The van der Waals surface area contributed by atoms with Gasteiger partial charge in [0.05, 0.1) is 13.2 Å². The Hall–Kier alpha value is -1.39. The molecular weight excluding hydrogens is 240 g/mol. The topological polar surface area (TPSA) is 41.6 Å². The lowest BCUT2D eigenvalue weighted by Crippen LogP contribution is -2.49. The Kier molecular flexibility index (Phi) is 4.56. The number of hydrogen-bond acceptors (Lipinski definition) is 3. The summed E-state index contributed by atoms with van der Waals surface area (Å²) in [7, 11) is 1.95. The average molecular weight is 262 g/mol. The van der Waals surface area contributed by atoms with Crippen molar-refractivity contribution in [2.24, 2.45) is 0 Å². The molecule has 1 saturated heterocycles. The minimum Gasteiger partial charge on any atom is -0.378 e. The summed E-state index contributed by atoms with van der Waals surface area (Å²) < 4.78 is 5.36. The molecule has 1 aromatic carbocycles. The van der Waals surface area contributed by atoms with Crippen LogP contribution in [0.3, 0.4) is 0 Å². The molecule has 1 N–H and O–H groups in total. The summed E-state index contributed by atoms with van der Waals surface area (Å²) in [6.07, 6.45) is 0. The van der Waals surface area contributed by atoms with E-state index < -0.39 is 0 Å². The predicted octanol–water partition coefficient (Wildman–Crippen LogP) is 2.08. The molecule has 1 aliphatic heterocycles. The summed E-state index contributed by atoms with van der Waals surface area (Å²) in [5, 5.41) is 2.95. The van der Waals surface area contributed by atoms with Crippen LogP contribution in [0, 0.1) is 0 Å². The number of rotatable bonds is 3. The van der Waals surface area contributed by atoms with Crippen molar-refractivity contribution in [1.29, 1.82) is 0 Å². The number of carbonyl (C=O) groups is 1. The van der Waals surface area contributed by atoms with E-state index in [1.54, 1.807) is 0 Å². The van der Waals surface area contributed by atoms with Gasteiger partial charge in [-0.25, -0.2) is 0 Å². The van der Waals surface area contributed by atoms with Crippen molar-refractivity contribution >= 4 is 11.6 Å². The van der Waals surface area contributed by atoms with Gasteiger partial charge < -0.3 is 10.1 Å². The van der Waals surface area contributed by atoms with Crippen LogP contribution in [0.25, 0.3) is 0 Å². The third kappa shape index (κ3) is 3.55. The number of morpholine rings is 1. The van der Waals surface area contributed by atoms with Crippen LogP contribution in [0.1, 0.15) is 25.3 Å². The van der Waals surface area contributed by atoms with Crippen LogP contribution in [-0.4, -0.2) is 43.7 Å². The summed E-state index contributed by atoms with van der Waals surface area (Å²) in [6, 6.07) is 7.83. The molecule has 0 spiro atoms. The van der Waals surface area contributed by atoms with E-state index in [2.05, 4.69) is 31.3 Å². The van der Waals surface area contributed by atoms with Crippen LogP contribution in [0.2, 0.25) is 0 Å². The molecule has 104 valence electrons. The van der Waals surface area contributed by atoms with Gasteiger partial charge in [-0.1, -0.05) is 26.0 Å². The molecule has 1 amide bonds. The van der Waals surface area contributed by atoms with E-state index in [1.165, 1.54) is 5.56 Å². The van der Waals surface area contributed by atoms with Gasteiger partial charge in [-0.05, 0) is 30.7 Å². The van der Waals surface area contributed by atoms with E-state index in [9.17, 15) is 4.79 Å². The molecule has 1 unspecified atom stereocenters. The number of anilines is 1. The van der Waals surface area contributed by atoms with Gasteiger partial charge in [0.2, 0.25) is 5.91 Å². The second-order valence-electron chi connectivity index (χ2n) is 5.34. The zero-order chi connectivity index (χ0) is 13.8. The van der Waals surface area contributed by atoms with Gasteiger partial charge in [-0.3, -0.25) is 9.69 Å². The van der Waals surface area contributed by atoms with E-state index in [0.717, 1.165) is 12.2 Å². The van der Waals surface area contributed by atoms with Crippen molar-refractivity contribution in [1.82, 2.24) is 4.90 Å². The molecular formula is C15H22N2O2. The normalized spacial score (nSPS) is 20.5. The van der Waals surface area contributed by atoms with E-state index in [-0.39, 0.29) is 11.9 Å². The third-order valence-corrected chi connectivity index (χ3v) is 3.54. The number of nitrogens with zero attached hydrogens (tertiary/aromatic N) is 1. The van der Waals surface area contributed by atoms with Crippen molar-refractivity contribution in [3.63, 3.8) is 0 Å². The summed E-state index contributed by atoms with van der Waals surface area (Å²) in [5.74, 6) is 0.502. The Morgan fingerprint density at radius 2 is 2.05 bits per heavy atom. The molecule has 1 aliphatic rings. The Balaban J connectivity index is 1.98. The molecule has 4 heteroatoms. The van der Waals surface area contributed by atoms with Gasteiger partial charge in [-0.15, -0.1) is 0 Å². The molecule has 1 fully saturated rings. The summed E-state index contributed by atoms with van der Waals surface area (Å²) in [5.41, 5.74) is 2.12. The Morgan fingerprint density at radius 1 is 1.37 bits per heavy atom. The van der Waals surface area contributed by atoms with Crippen LogP contribution in [0.15, 0.2) is 24.3 Å². The van der Waals surface area contributed by atoms with E-state index in [0.29, 0.717) is 19.1 Å². The first-order chi connectivity index (χ1) is 9.08. The lowest BCUT2D eigenvalue weighted by Gasteiger charge is -2.31. The summed E-state index contributed by atoms with van der Waals surface area (Å²) >= 11 is 0. The molecule has 1 atom stereocenters. The number of ether oxygens (including phenoxy) is 1. The molecule has 1 aromatic rings. The quantitative estimate of drug-likeness (QED) is 0.906. The molecule has 0 radical (unpaired) electrons. The highest BCUT2D eigenvalue weighted by molar-refractivity contribution is 5.95. The second-order valence-corrected chi connectivity index (χ2v) is 5.34. The Morgan fingerprint density at radius 3 is 2.63 bits per heavy atom. The Labute approximate surface area is 114 Å². The second kappa shape index (κ2) is 6.17. The van der Waals surface area contributed by atoms with Crippen molar-refractivity contribution in [3.8, 4) is 0 Å². The first-order valence-electron chi connectivity index (χ1n) is 6.76. The molecule has 0 bridgehead atoms. The van der Waals surface area contributed by atoms with Gasteiger partial charge in [-0.2, -0.15) is 0 Å². The average Bonchev–Trinajstić information content (AvgIpc) is 2.39. The Bertz CT molecular complexity index is 428. The zero-order valence-electron chi connectivity index (χ0n) is 11.8. The maximum Gasteiger partial charge on any atom is 0.244 e. The highest BCUT2D eigenvalue weighted by atomic mass is 16.5. The van der Waals surface area contributed by atoms with E-state index >= 15 is 0 Å². The molecule has 19 heavy (non-hydrogen) atoms. The smallest absolute Gasteiger partial charge is 0.244 e. The van der Waals surface area contributed by atoms with Crippen molar-refractivity contribution < 1.29 is 9.53 Å². The van der Waals surface area contributed by atoms with Crippen LogP contribution < -0.4 is 5.32 Å². The molecule has 1 heterocycles. The molecule has 0 aromatic heterocycles. The van der Waals surface area contributed by atoms with Gasteiger partial charge >= 0.3 is 0 Å². The van der Waals surface area contributed by atoms with Crippen molar-refractivity contribution in [2.75, 3.05) is 32.1 Å². The lowest BCUT2D eigenvalue weighted by molar-refractivity contribution is -0.126. The minimum atomic E-state index is -0.196. The van der Waals surface area contributed by atoms with Crippen molar-refractivity contribution in [2.45, 2.75) is 25.8 Å². The van der Waals surface area contributed by atoms with Crippen molar-refractivity contribution in [3.05, 3.63) is 29.8 Å². The SMILES string of the molecule is CC(C)c1ccc(NC(=O)C2COCCN2C)cc1. The molecule has 0 saturated carbocycles. The number of nitrogens with one attached hydrogen (secondary N) is 1. The zero-order valence-corrected chi connectivity index (χ0v) is 11.8. The highest BCUT2D eigenvalue weighted by Gasteiger charge is 2.26. The fourth-order valence-electron chi connectivity index (χ4n) is 2.14. The van der Waals surface area contributed by atoms with Crippen LogP contribution >= 0.6 is 0 Å². The van der Waals surface area contributed by atoms with Gasteiger partial charge in [0.25, 0.3) is 0 Å². The van der Waals surface area contributed by atoms with Gasteiger partial charge in [0.1, 0.15) is 6.04 Å². The standard InChI is InChI=1S/C15H22N2O2/c1-11(2)12-4-6-13(7-5-12)16-15(18)14-10-19-9-8-17(14)3/h4-7,11,14H,8-10H2,1-3H3,(H,16,18). The fourth-order valence-corrected chi connectivity index (χ4v) is 2.14. The predicted molar refractivity (Wildman–Crippen MR) is 76.4 cm³/mol. The molecule has 2 rings (SSSR count). The van der Waals surface area contributed by atoms with Crippen LogP contribution in [0.4, 0.5) is 5.69 Å². The number of hydrogen-bond donors (Lipinski definition) is 1. The molecule has 4 nitrogen and oxygen atoms in total. The number of benzene rings is 1. The highest BCUT2D eigenvalue weighted by Crippen LogP contribution is 2.17. The maximum absolute atomic E-state index is 12.2. The fraction of sp³-hybridized carbons (Fsp3) is 0.533. The van der Waals surface area contributed by atoms with E-state index in [1.807, 2.05) is 24.1 Å². The lowest BCUT2D eigenvalue weighted by atomic mass is 10.0. The monoisotopic (exact) mass is 262 g/mol. The number of amides is 1. The third-order valence-electron chi connectivity index (χ3n) is 3.54. The van der Waals surface area contributed by atoms with Gasteiger partial charge in [0.15, 0.2) is 0 Å². The first-order valence-corrected chi connectivity index (χ1v) is 6.76. The minimum absolute atomic E-state index is 0.000466.